The van der Waals surface area contributed by atoms with Crippen LogP contribution in [0.2, 0.25) is 0 Å². The molecule has 1 amide bonds. The summed E-state index contributed by atoms with van der Waals surface area (Å²) in [5, 5.41) is 16.7. The van der Waals surface area contributed by atoms with Crippen molar-refractivity contribution in [2.45, 2.75) is 45.2 Å². The van der Waals surface area contributed by atoms with Crippen LogP contribution in [-0.4, -0.2) is 50.5 Å². The third kappa shape index (κ3) is 5.66. The van der Waals surface area contributed by atoms with E-state index in [9.17, 15) is 10.0 Å². The largest absolute Gasteiger partial charge is 0.495 e. The minimum Gasteiger partial charge on any atom is -0.495 e. The van der Waals surface area contributed by atoms with Gasteiger partial charge in [-0.15, -0.1) is 10.3 Å². The second-order valence-electron chi connectivity index (χ2n) is 9.81. The van der Waals surface area contributed by atoms with Crippen molar-refractivity contribution in [1.29, 1.82) is 0 Å². The zero-order valence-electron chi connectivity index (χ0n) is 22.2. The van der Waals surface area contributed by atoms with E-state index in [4.69, 9.17) is 18.9 Å². The number of hydrogen-bond donors (Lipinski definition) is 1. The summed E-state index contributed by atoms with van der Waals surface area (Å²) in [6.45, 7) is 7.31. The van der Waals surface area contributed by atoms with Gasteiger partial charge in [-0.3, -0.25) is 4.79 Å². The molecule has 2 aromatic carbocycles. The van der Waals surface area contributed by atoms with Gasteiger partial charge in [-0.1, -0.05) is 24.3 Å². The molecule has 8 nitrogen and oxygen atoms in total. The topological polar surface area (TPSA) is 89.2 Å². The van der Waals surface area contributed by atoms with Crippen molar-refractivity contribution in [3.63, 3.8) is 0 Å². The highest BCUT2D eigenvalue weighted by Gasteiger charge is 2.43. The molecule has 2 aromatic rings. The zero-order chi connectivity index (χ0) is 26.7. The molecule has 1 aliphatic heterocycles. The second kappa shape index (κ2) is 10.6. The van der Waals surface area contributed by atoms with Crippen molar-refractivity contribution in [3.8, 4) is 23.0 Å². The van der Waals surface area contributed by atoms with Crippen LogP contribution in [-0.2, 0) is 10.0 Å². The number of rotatable bonds is 8. The van der Waals surface area contributed by atoms with Crippen molar-refractivity contribution in [1.82, 2.24) is 5.06 Å². The summed E-state index contributed by atoms with van der Waals surface area (Å²) in [4.78, 5) is 13.2. The molecule has 36 heavy (non-hydrogen) atoms. The third-order valence-corrected chi connectivity index (χ3v) is 6.14. The average molecular weight is 496 g/mol. The van der Waals surface area contributed by atoms with Gasteiger partial charge in [-0.25, -0.2) is 0 Å². The fourth-order valence-corrected chi connectivity index (χ4v) is 4.52. The Morgan fingerprint density at radius 2 is 1.44 bits per heavy atom. The standard InChI is InChI=1S/C28H35N2O6/c1-27(2)16-20(17-28(3,4)30(27)32)26(31)29-21-13-18(11-12-22(21)33-5)9-10-19-14-23(34-6)25(36-8)24(15-19)35-7/h9-16H,17H2,1-8H3,(H,29,31)/b10-9-. The molecule has 8 heteroatoms. The molecule has 0 bridgehead atoms. The van der Waals surface area contributed by atoms with Crippen LogP contribution in [0.1, 0.15) is 45.2 Å². The Morgan fingerprint density at radius 1 is 0.861 bits per heavy atom. The first kappa shape index (κ1) is 27.1. The molecule has 193 valence electrons. The van der Waals surface area contributed by atoms with Gasteiger partial charge in [0, 0.05) is 11.1 Å². The van der Waals surface area contributed by atoms with Gasteiger partial charge in [0.1, 0.15) is 5.75 Å². The van der Waals surface area contributed by atoms with Crippen molar-refractivity contribution < 1.29 is 28.9 Å². The van der Waals surface area contributed by atoms with Crippen LogP contribution in [0.4, 0.5) is 5.69 Å². The predicted molar refractivity (Wildman–Crippen MR) is 140 cm³/mol. The molecule has 1 N–H and O–H groups in total. The Bertz CT molecular complexity index is 1160. The molecular weight excluding hydrogens is 460 g/mol. The van der Waals surface area contributed by atoms with E-state index < -0.39 is 11.1 Å². The molecule has 0 unspecified atom stereocenters. The fourth-order valence-electron chi connectivity index (χ4n) is 4.52. The van der Waals surface area contributed by atoms with Gasteiger partial charge in [0.2, 0.25) is 5.75 Å². The molecule has 0 atom stereocenters. The smallest absolute Gasteiger partial charge is 0.251 e. The lowest BCUT2D eigenvalue weighted by Crippen LogP contribution is -2.55. The maximum absolute atomic E-state index is 13.2. The quantitative estimate of drug-likeness (QED) is 0.496. The number of ether oxygens (including phenoxy) is 4. The summed E-state index contributed by atoms with van der Waals surface area (Å²) in [5.41, 5.74) is 1.32. The predicted octanol–water partition coefficient (Wildman–Crippen LogP) is 5.36. The van der Waals surface area contributed by atoms with Crippen molar-refractivity contribution in [2.75, 3.05) is 33.8 Å². The second-order valence-corrected chi connectivity index (χ2v) is 9.81. The van der Waals surface area contributed by atoms with E-state index in [1.54, 1.807) is 40.6 Å². The Kier molecular flexibility index (Phi) is 8.01. The summed E-state index contributed by atoms with van der Waals surface area (Å²) in [7, 11) is 6.26. The van der Waals surface area contributed by atoms with E-state index in [1.165, 1.54) is 0 Å². The first-order valence-corrected chi connectivity index (χ1v) is 11.6. The molecule has 0 saturated carbocycles. The van der Waals surface area contributed by atoms with Crippen LogP contribution < -0.4 is 24.3 Å². The van der Waals surface area contributed by atoms with Crippen molar-refractivity contribution >= 4 is 23.7 Å². The lowest BCUT2D eigenvalue weighted by molar-refractivity contribution is -0.263. The highest BCUT2D eigenvalue weighted by molar-refractivity contribution is 6.05. The number of hydrogen-bond acceptors (Lipinski definition) is 6. The normalized spacial score (nSPS) is 16.9. The first-order valence-electron chi connectivity index (χ1n) is 11.6. The molecule has 0 aromatic heterocycles. The van der Waals surface area contributed by atoms with Gasteiger partial charge in [-0.2, -0.15) is 0 Å². The number of carbonyl (C=O) groups is 1. The zero-order valence-corrected chi connectivity index (χ0v) is 22.2. The Morgan fingerprint density at radius 3 is 1.97 bits per heavy atom. The first-order chi connectivity index (χ1) is 16.9. The maximum atomic E-state index is 13.2. The molecule has 1 heterocycles. The van der Waals surface area contributed by atoms with Gasteiger partial charge in [0.25, 0.3) is 5.91 Å². The SMILES string of the molecule is COc1ccc(/C=C\c2cc(OC)c(OC)c(OC)c2)cc1NC(=O)C1=CC(C)(C)N([O])C(C)(C)C1. The number of benzene rings is 2. The number of hydroxylamine groups is 2. The van der Waals surface area contributed by atoms with Gasteiger partial charge in [0.15, 0.2) is 11.5 Å². The lowest BCUT2D eigenvalue weighted by Gasteiger charge is -2.45. The molecule has 0 aliphatic carbocycles. The summed E-state index contributed by atoms with van der Waals surface area (Å²) in [6, 6.07) is 9.23. The summed E-state index contributed by atoms with van der Waals surface area (Å²) < 4.78 is 21.7. The Labute approximate surface area is 213 Å². The van der Waals surface area contributed by atoms with E-state index >= 15 is 0 Å². The minimum atomic E-state index is -0.788. The lowest BCUT2D eigenvalue weighted by atomic mass is 9.82. The number of amides is 1. The number of methoxy groups -OCH3 is 4. The number of nitrogens with one attached hydrogen (secondary N) is 1. The van der Waals surface area contributed by atoms with Crippen LogP contribution in [0.15, 0.2) is 42.0 Å². The Hall–Kier alpha value is -3.49. The van der Waals surface area contributed by atoms with Crippen molar-refractivity contribution in [3.05, 3.63) is 53.1 Å². The van der Waals surface area contributed by atoms with Gasteiger partial charge in [-0.05, 0) is 69.5 Å². The highest BCUT2D eigenvalue weighted by Crippen LogP contribution is 2.39. The van der Waals surface area contributed by atoms with E-state index in [-0.39, 0.29) is 5.91 Å². The van der Waals surface area contributed by atoms with Crippen LogP contribution in [0, 0.1) is 0 Å². The third-order valence-electron chi connectivity index (χ3n) is 6.14. The van der Waals surface area contributed by atoms with Crippen LogP contribution in [0.3, 0.4) is 0 Å². The van der Waals surface area contributed by atoms with Crippen LogP contribution in [0.25, 0.3) is 12.2 Å². The average Bonchev–Trinajstić information content (AvgIpc) is 2.84. The minimum absolute atomic E-state index is 0.256. The van der Waals surface area contributed by atoms with Gasteiger partial charge >= 0.3 is 0 Å². The molecular formula is C28H35N2O6. The highest BCUT2D eigenvalue weighted by atomic mass is 16.5. The van der Waals surface area contributed by atoms with E-state index in [1.807, 2.05) is 64.1 Å². The molecule has 0 fully saturated rings. The van der Waals surface area contributed by atoms with E-state index in [2.05, 4.69) is 5.32 Å². The maximum Gasteiger partial charge on any atom is 0.251 e. The monoisotopic (exact) mass is 495 g/mol. The summed E-state index contributed by atoms with van der Waals surface area (Å²) >= 11 is 0. The summed E-state index contributed by atoms with van der Waals surface area (Å²) in [5.74, 6) is 1.92. The van der Waals surface area contributed by atoms with E-state index in [0.717, 1.165) is 16.2 Å². The molecule has 0 saturated heterocycles. The van der Waals surface area contributed by atoms with Crippen molar-refractivity contribution in [2.24, 2.45) is 0 Å². The number of nitrogens with zero attached hydrogens (tertiary/aromatic N) is 1. The van der Waals surface area contributed by atoms with Gasteiger partial charge < -0.3 is 24.3 Å². The summed E-state index contributed by atoms with van der Waals surface area (Å²) in [6.07, 6.45) is 5.91. The van der Waals surface area contributed by atoms with Crippen LogP contribution >= 0.6 is 0 Å². The fraction of sp³-hybridized carbons (Fsp3) is 0.393. The van der Waals surface area contributed by atoms with Crippen LogP contribution in [0.5, 0.6) is 23.0 Å². The number of carbonyl (C=O) groups excluding carboxylic acids is 1. The van der Waals surface area contributed by atoms with E-state index in [0.29, 0.717) is 40.7 Å². The molecule has 3 rings (SSSR count). The number of anilines is 1. The molecule has 1 aliphatic rings. The molecule has 1 radical (unpaired) electrons. The Balaban J connectivity index is 1.89. The van der Waals surface area contributed by atoms with Gasteiger partial charge in [0.05, 0.1) is 39.7 Å². The molecule has 0 spiro atoms.